The molecule has 0 unspecified atom stereocenters. The first-order chi connectivity index (χ1) is 1.73. The summed E-state index contributed by atoms with van der Waals surface area (Å²) in [5.74, 6) is 0. The van der Waals surface area contributed by atoms with Gasteiger partial charge in [-0.2, -0.15) is 0 Å². The molecule has 0 bridgehead atoms. The van der Waals surface area contributed by atoms with Gasteiger partial charge in [0.2, 0.25) is 0 Å². The van der Waals surface area contributed by atoms with E-state index in [1.54, 1.807) is 6.92 Å². The average molecular weight is 119 g/mol. The van der Waals surface area contributed by atoms with Gasteiger partial charge in [0.25, 0.3) is 0 Å². The molecule has 0 N–H and O–H groups in total. The summed E-state index contributed by atoms with van der Waals surface area (Å²) >= 11 is 0.424. The van der Waals surface area contributed by atoms with Gasteiger partial charge in [-0.3, -0.25) is 0 Å². The molecule has 0 fully saturated rings. The Labute approximate surface area is 33.6 Å². The minimum atomic E-state index is 0.354. The summed E-state index contributed by atoms with van der Waals surface area (Å²) < 4.78 is 0.354. The molecule has 0 radical (unpaired) electrons. The van der Waals surface area contributed by atoms with Crippen molar-refractivity contribution in [2.24, 2.45) is 0 Å². The van der Waals surface area contributed by atoms with Crippen LogP contribution < -0.4 is 0 Å². The van der Waals surface area contributed by atoms with Crippen molar-refractivity contribution < 1.29 is 4.79 Å². The molecule has 24 valence electrons. The van der Waals surface area contributed by atoms with Crippen LogP contribution in [-0.4, -0.2) is 21.1 Å². The van der Waals surface area contributed by atoms with E-state index in [0.717, 1.165) is 0 Å². The van der Waals surface area contributed by atoms with Crippen LogP contribution in [0.1, 0.15) is 6.92 Å². The molecule has 0 aromatic rings. The van der Waals surface area contributed by atoms with Crippen LogP contribution >= 0.6 is 0 Å². The molecule has 0 aliphatic rings. The van der Waals surface area contributed by atoms with Gasteiger partial charge < -0.3 is 0 Å². The summed E-state index contributed by atoms with van der Waals surface area (Å²) in [5.41, 5.74) is 0. The number of carbonyl (C=O) groups is 1. The van der Waals surface area contributed by atoms with Crippen LogP contribution in [-0.2, 0) is 4.79 Å². The zero-order valence-corrected chi connectivity index (χ0v) is 7.10. The van der Waals surface area contributed by atoms with Crippen LogP contribution in [0.25, 0.3) is 0 Å². The van der Waals surface area contributed by atoms with Crippen molar-refractivity contribution in [2.75, 3.05) is 0 Å². The number of carbonyl (C=O) groups excluding carboxylic acids is 1. The fraction of sp³-hybridized carbons (Fsp3) is 0.500. The molecule has 4 heavy (non-hydrogen) atoms. The number of hydrogen-bond donors (Lipinski definition) is 0. The number of hydrogen-bond acceptors (Lipinski definition) is 1. The Kier molecular flexibility index (Phi) is 1.61. The van der Waals surface area contributed by atoms with Gasteiger partial charge in [0.15, 0.2) is 0 Å². The maximum atomic E-state index is 9.53. The molecule has 0 amide bonds. The van der Waals surface area contributed by atoms with E-state index < -0.39 is 0 Å². The third kappa shape index (κ3) is 71.8. The van der Waals surface area contributed by atoms with Crippen LogP contribution in [0.4, 0.5) is 0 Å². The van der Waals surface area contributed by atoms with Crippen LogP contribution in [0.5, 0.6) is 0 Å². The summed E-state index contributed by atoms with van der Waals surface area (Å²) in [5, 5.41) is 0. The third-order valence-electron chi connectivity index (χ3n) is 0. The standard InChI is InChI=1S/C2H6GeO/c1-2(3)4/h1,3H3. The van der Waals surface area contributed by atoms with Crippen molar-refractivity contribution in [1.82, 2.24) is 0 Å². The minimum absolute atomic E-state index is 0.354. The molecule has 0 heterocycles. The molecule has 0 saturated carbocycles. The monoisotopic (exact) mass is 120 g/mol. The second-order valence-electron chi connectivity index (χ2n) is 0.908. The van der Waals surface area contributed by atoms with Gasteiger partial charge in [-0.25, -0.2) is 0 Å². The van der Waals surface area contributed by atoms with Gasteiger partial charge in [0.05, 0.1) is 0 Å². The molecule has 0 spiro atoms. The van der Waals surface area contributed by atoms with Crippen LogP contribution in [0, 0.1) is 0 Å². The molecule has 2 heteroatoms. The van der Waals surface area contributed by atoms with E-state index in [1.807, 2.05) is 0 Å². The van der Waals surface area contributed by atoms with E-state index in [2.05, 4.69) is 0 Å². The fourth-order valence-corrected chi connectivity index (χ4v) is 0. The predicted molar refractivity (Wildman–Crippen MR) is 20.6 cm³/mol. The van der Waals surface area contributed by atoms with Gasteiger partial charge in [-0.1, -0.05) is 0 Å². The molecule has 0 atom stereocenters. The predicted octanol–water partition coefficient (Wildman–Crippen LogP) is -1.10. The summed E-state index contributed by atoms with van der Waals surface area (Å²) in [6.07, 6.45) is 0. The molecule has 0 aliphatic carbocycles. The van der Waals surface area contributed by atoms with Crippen molar-refractivity contribution in [3.05, 3.63) is 0 Å². The Balaban J connectivity index is 2.80. The van der Waals surface area contributed by atoms with Crippen LogP contribution in [0.15, 0.2) is 0 Å². The molecule has 0 aliphatic heterocycles. The summed E-state index contributed by atoms with van der Waals surface area (Å²) in [6.45, 7) is 1.61. The fourth-order valence-electron chi connectivity index (χ4n) is 0. The Hall–Kier alpha value is 0.213. The molecule has 1 nitrogen and oxygen atoms in total. The van der Waals surface area contributed by atoms with Gasteiger partial charge >= 0.3 is 32.8 Å². The zero-order chi connectivity index (χ0) is 3.58. The maximum absolute atomic E-state index is 9.53. The molecular formula is C2H6GeO. The molecule has 0 aromatic heterocycles. The summed E-state index contributed by atoms with van der Waals surface area (Å²) in [7, 11) is 0. The molecule has 0 saturated heterocycles. The Morgan fingerprint density at radius 3 is 2.00 bits per heavy atom. The van der Waals surface area contributed by atoms with Crippen LogP contribution in [0.3, 0.4) is 0 Å². The van der Waals surface area contributed by atoms with Gasteiger partial charge in [-0.15, -0.1) is 0 Å². The quantitative estimate of drug-likeness (QED) is 0.369. The topological polar surface area (TPSA) is 17.1 Å². The van der Waals surface area contributed by atoms with Gasteiger partial charge in [0.1, 0.15) is 0 Å². The first kappa shape index (κ1) is 4.21. The summed E-state index contributed by atoms with van der Waals surface area (Å²) in [4.78, 5) is 9.53. The van der Waals surface area contributed by atoms with E-state index in [4.69, 9.17) is 0 Å². The zero-order valence-electron chi connectivity index (χ0n) is 2.91. The Morgan fingerprint density at radius 2 is 2.00 bits per heavy atom. The van der Waals surface area contributed by atoms with Gasteiger partial charge in [0, 0.05) is 0 Å². The van der Waals surface area contributed by atoms with Crippen molar-refractivity contribution >= 4 is 21.1 Å². The van der Waals surface area contributed by atoms with Gasteiger partial charge in [-0.05, 0) is 0 Å². The van der Waals surface area contributed by atoms with Crippen molar-refractivity contribution in [3.8, 4) is 0 Å². The average Bonchev–Trinajstić information content (AvgIpc) is 0.811. The molecule has 0 rings (SSSR count). The normalized spacial score (nSPS) is 7.25. The van der Waals surface area contributed by atoms with E-state index in [-0.39, 0.29) is 0 Å². The Morgan fingerprint density at radius 1 is 2.00 bits per heavy atom. The van der Waals surface area contributed by atoms with Crippen molar-refractivity contribution in [2.45, 2.75) is 6.92 Å². The second kappa shape index (κ2) is 1.52. The van der Waals surface area contributed by atoms with E-state index >= 15 is 0 Å². The SMILES string of the molecule is C[C](=O)[GeH3]. The van der Waals surface area contributed by atoms with Crippen LogP contribution in [0.2, 0.25) is 0 Å². The first-order valence-corrected chi connectivity index (χ1v) is 3.30. The van der Waals surface area contributed by atoms with E-state index in [1.165, 1.54) is 0 Å². The van der Waals surface area contributed by atoms with Crippen molar-refractivity contribution in [3.63, 3.8) is 0 Å². The second-order valence-corrected chi connectivity index (χ2v) is 3.86. The molecular weight excluding hydrogens is 113 g/mol. The summed E-state index contributed by atoms with van der Waals surface area (Å²) in [6, 6.07) is 0. The number of rotatable bonds is 0. The molecule has 0 aromatic carbocycles. The van der Waals surface area contributed by atoms with Crippen molar-refractivity contribution in [1.29, 1.82) is 0 Å². The van der Waals surface area contributed by atoms with E-state index in [0.29, 0.717) is 21.1 Å². The first-order valence-electron chi connectivity index (χ1n) is 1.20. The van der Waals surface area contributed by atoms with E-state index in [9.17, 15) is 4.79 Å². The Bertz CT molecular complexity index is 29.0. The third-order valence-corrected chi connectivity index (χ3v) is 0.